The Bertz CT molecular complexity index is 571. The van der Waals surface area contributed by atoms with Crippen molar-refractivity contribution in [2.24, 2.45) is 5.92 Å². The van der Waals surface area contributed by atoms with Gasteiger partial charge < -0.3 is 0 Å². The smallest absolute Gasteiger partial charge is 0.00927 e. The number of fused-ring (bicyclic) bond motifs is 1. The lowest BCUT2D eigenvalue weighted by Gasteiger charge is -2.26. The molecule has 0 spiro atoms. The molecule has 0 heterocycles. The highest BCUT2D eigenvalue weighted by molar-refractivity contribution is 5.63. The Hall–Kier alpha value is -1.30. The third-order valence-electron chi connectivity index (χ3n) is 5.99. The normalized spacial score (nSPS) is 16.7. The van der Waals surface area contributed by atoms with Gasteiger partial charge >= 0.3 is 0 Å². The standard InChI is InChI=1S/C25H38/c1-5-6-7-8-9-10-11-12-16-23(21(4)20(2)3)25-19-18-22-15-13-14-17-24(22)25/h13-15,17-19,23,25H,5-12,16H2,1-4H3. The van der Waals surface area contributed by atoms with E-state index in [2.05, 4.69) is 64.1 Å². The summed E-state index contributed by atoms with van der Waals surface area (Å²) in [4.78, 5) is 0. The van der Waals surface area contributed by atoms with Crippen LogP contribution in [0.1, 0.15) is 103 Å². The fourth-order valence-electron chi connectivity index (χ4n) is 4.16. The van der Waals surface area contributed by atoms with E-state index in [0.29, 0.717) is 11.8 Å². The topological polar surface area (TPSA) is 0 Å². The summed E-state index contributed by atoms with van der Waals surface area (Å²) in [6, 6.07) is 8.95. The van der Waals surface area contributed by atoms with E-state index in [9.17, 15) is 0 Å². The van der Waals surface area contributed by atoms with Gasteiger partial charge in [0.2, 0.25) is 0 Å². The maximum absolute atomic E-state index is 2.45. The van der Waals surface area contributed by atoms with Gasteiger partial charge in [-0.25, -0.2) is 0 Å². The van der Waals surface area contributed by atoms with Gasteiger partial charge in [0, 0.05) is 5.92 Å². The largest absolute Gasteiger partial charge is 0.0772 e. The van der Waals surface area contributed by atoms with E-state index in [-0.39, 0.29) is 0 Å². The highest BCUT2D eigenvalue weighted by Crippen LogP contribution is 2.41. The maximum Gasteiger partial charge on any atom is 0.00927 e. The van der Waals surface area contributed by atoms with Crippen LogP contribution in [-0.4, -0.2) is 0 Å². The van der Waals surface area contributed by atoms with Gasteiger partial charge in [-0.15, -0.1) is 0 Å². The number of unbranched alkanes of at least 4 members (excludes halogenated alkanes) is 7. The zero-order valence-electron chi connectivity index (χ0n) is 17.0. The van der Waals surface area contributed by atoms with Crippen LogP contribution in [0, 0.1) is 5.92 Å². The molecule has 1 aliphatic carbocycles. The van der Waals surface area contributed by atoms with E-state index in [4.69, 9.17) is 0 Å². The number of allylic oxidation sites excluding steroid dienone is 3. The first-order valence-electron chi connectivity index (χ1n) is 10.6. The second-order valence-electron chi connectivity index (χ2n) is 8.07. The molecule has 1 aliphatic rings. The highest BCUT2D eigenvalue weighted by atomic mass is 14.3. The molecule has 0 radical (unpaired) electrons. The molecule has 0 bridgehead atoms. The summed E-state index contributed by atoms with van der Waals surface area (Å²) in [7, 11) is 0. The number of rotatable bonds is 11. The Morgan fingerprint density at radius 2 is 1.52 bits per heavy atom. The van der Waals surface area contributed by atoms with E-state index >= 15 is 0 Å². The van der Waals surface area contributed by atoms with Crippen molar-refractivity contribution in [2.75, 3.05) is 0 Å². The van der Waals surface area contributed by atoms with Crippen LogP contribution in [0.3, 0.4) is 0 Å². The molecule has 0 saturated carbocycles. The van der Waals surface area contributed by atoms with E-state index in [1.807, 2.05) is 0 Å². The minimum atomic E-state index is 0.579. The molecule has 1 aromatic carbocycles. The van der Waals surface area contributed by atoms with Crippen LogP contribution in [0.25, 0.3) is 6.08 Å². The molecule has 25 heavy (non-hydrogen) atoms. The minimum Gasteiger partial charge on any atom is -0.0772 e. The molecule has 2 atom stereocenters. The van der Waals surface area contributed by atoms with Crippen molar-refractivity contribution >= 4 is 6.08 Å². The second kappa shape index (κ2) is 10.6. The molecule has 0 nitrogen and oxygen atoms in total. The minimum absolute atomic E-state index is 0.579. The predicted molar refractivity (Wildman–Crippen MR) is 113 cm³/mol. The summed E-state index contributed by atoms with van der Waals surface area (Å²) in [5, 5.41) is 0. The van der Waals surface area contributed by atoms with Gasteiger partial charge in [-0.1, -0.05) is 106 Å². The third-order valence-corrected chi connectivity index (χ3v) is 5.99. The molecule has 2 unspecified atom stereocenters. The fraction of sp³-hybridized carbons (Fsp3) is 0.600. The lowest BCUT2D eigenvalue weighted by molar-refractivity contribution is 0.466. The van der Waals surface area contributed by atoms with E-state index in [1.54, 1.807) is 5.57 Å². The molecule has 0 fully saturated rings. The number of benzene rings is 1. The van der Waals surface area contributed by atoms with Crippen LogP contribution in [0.2, 0.25) is 0 Å². The lowest BCUT2D eigenvalue weighted by Crippen LogP contribution is -2.13. The van der Waals surface area contributed by atoms with E-state index < -0.39 is 0 Å². The van der Waals surface area contributed by atoms with Gasteiger partial charge in [-0.3, -0.25) is 0 Å². The molecule has 0 aliphatic heterocycles. The molecule has 0 amide bonds. The van der Waals surface area contributed by atoms with Crippen LogP contribution in [-0.2, 0) is 0 Å². The lowest BCUT2D eigenvalue weighted by atomic mass is 9.78. The van der Waals surface area contributed by atoms with Crippen LogP contribution in [0.5, 0.6) is 0 Å². The molecule has 0 N–H and O–H groups in total. The molecular weight excluding hydrogens is 300 g/mol. The van der Waals surface area contributed by atoms with Gasteiger partial charge in [0.05, 0.1) is 0 Å². The van der Waals surface area contributed by atoms with Gasteiger partial charge in [0.1, 0.15) is 0 Å². The molecule has 0 aromatic heterocycles. The summed E-state index contributed by atoms with van der Waals surface area (Å²) in [6.07, 6.45) is 17.4. The average Bonchev–Trinajstić information content (AvgIpc) is 3.04. The molecule has 0 saturated heterocycles. The zero-order valence-corrected chi connectivity index (χ0v) is 17.0. The number of hydrogen-bond donors (Lipinski definition) is 0. The van der Waals surface area contributed by atoms with Crippen molar-refractivity contribution in [3.8, 4) is 0 Å². The fourth-order valence-corrected chi connectivity index (χ4v) is 4.16. The summed E-state index contributed by atoms with van der Waals surface area (Å²) in [5.41, 5.74) is 6.07. The van der Waals surface area contributed by atoms with Crippen molar-refractivity contribution in [1.29, 1.82) is 0 Å². The van der Waals surface area contributed by atoms with Crippen molar-refractivity contribution < 1.29 is 0 Å². The molecule has 1 aromatic rings. The van der Waals surface area contributed by atoms with Gasteiger partial charge in [-0.2, -0.15) is 0 Å². The maximum atomic E-state index is 2.45. The van der Waals surface area contributed by atoms with Crippen molar-refractivity contribution in [3.63, 3.8) is 0 Å². The van der Waals surface area contributed by atoms with Crippen molar-refractivity contribution in [1.82, 2.24) is 0 Å². The molecular formula is C25H38. The zero-order chi connectivity index (χ0) is 18.1. The van der Waals surface area contributed by atoms with Gasteiger partial charge in [-0.05, 0) is 44.2 Å². The van der Waals surface area contributed by atoms with Crippen molar-refractivity contribution in [3.05, 3.63) is 52.6 Å². The molecule has 2 rings (SSSR count). The van der Waals surface area contributed by atoms with Crippen LogP contribution < -0.4 is 0 Å². The van der Waals surface area contributed by atoms with Gasteiger partial charge in [0.15, 0.2) is 0 Å². The van der Waals surface area contributed by atoms with Gasteiger partial charge in [0.25, 0.3) is 0 Å². The highest BCUT2D eigenvalue weighted by Gasteiger charge is 2.27. The summed E-state index contributed by atoms with van der Waals surface area (Å²) >= 11 is 0. The Morgan fingerprint density at radius 3 is 2.20 bits per heavy atom. The first-order valence-corrected chi connectivity index (χ1v) is 10.6. The van der Waals surface area contributed by atoms with E-state index in [1.165, 1.54) is 74.5 Å². The third kappa shape index (κ3) is 5.87. The van der Waals surface area contributed by atoms with Crippen LogP contribution in [0.4, 0.5) is 0 Å². The Morgan fingerprint density at radius 1 is 0.880 bits per heavy atom. The summed E-state index contributed by atoms with van der Waals surface area (Å²) < 4.78 is 0. The molecule has 138 valence electrons. The summed E-state index contributed by atoms with van der Waals surface area (Å²) in [6.45, 7) is 9.21. The van der Waals surface area contributed by atoms with Crippen LogP contribution >= 0.6 is 0 Å². The second-order valence-corrected chi connectivity index (χ2v) is 8.07. The first kappa shape index (κ1) is 20.0. The summed E-state index contributed by atoms with van der Waals surface area (Å²) in [5.74, 6) is 1.25. The Balaban J connectivity index is 1.89. The Kier molecular flexibility index (Phi) is 8.52. The monoisotopic (exact) mass is 338 g/mol. The predicted octanol–water partition coefficient (Wildman–Crippen LogP) is 8.30. The number of hydrogen-bond acceptors (Lipinski definition) is 0. The van der Waals surface area contributed by atoms with Crippen LogP contribution in [0.15, 0.2) is 41.5 Å². The van der Waals surface area contributed by atoms with Crippen molar-refractivity contribution in [2.45, 2.75) is 91.4 Å². The molecule has 0 heteroatoms. The Labute approximate surface area is 156 Å². The quantitative estimate of drug-likeness (QED) is 0.281. The van der Waals surface area contributed by atoms with E-state index in [0.717, 1.165) is 0 Å². The SMILES string of the molecule is CCCCCCCCCCC(C(C)=C(C)C)C1C=Cc2ccccc21. The first-order chi connectivity index (χ1) is 12.1. The average molecular weight is 339 g/mol.